The van der Waals surface area contributed by atoms with Crippen LogP contribution in [-0.4, -0.2) is 29.4 Å². The molecular weight excluding hydrogens is 216 g/mol. The molecule has 0 atom stereocenters. The van der Waals surface area contributed by atoms with Crippen LogP contribution < -0.4 is 0 Å². The van der Waals surface area contributed by atoms with Crippen LogP contribution in [0.5, 0.6) is 0 Å². The Kier molecular flexibility index (Phi) is 3.96. The Hall–Kier alpha value is -1.58. The smallest absolute Gasteiger partial charge is 0.305 e. The molecule has 0 bridgehead atoms. The van der Waals surface area contributed by atoms with E-state index in [4.69, 9.17) is 4.74 Å². The SMILES string of the molecule is CCOC(=O)CCCC1=NCCn2cccc21. The van der Waals surface area contributed by atoms with Gasteiger partial charge in [-0.3, -0.25) is 9.79 Å². The zero-order valence-electron chi connectivity index (χ0n) is 10.2. The summed E-state index contributed by atoms with van der Waals surface area (Å²) in [4.78, 5) is 15.7. The molecule has 4 heteroatoms. The molecule has 2 heterocycles. The van der Waals surface area contributed by atoms with E-state index in [2.05, 4.69) is 21.8 Å². The van der Waals surface area contributed by atoms with Gasteiger partial charge in [-0.25, -0.2) is 0 Å². The number of carbonyl (C=O) groups is 1. The molecule has 92 valence electrons. The zero-order valence-corrected chi connectivity index (χ0v) is 10.2. The maximum Gasteiger partial charge on any atom is 0.305 e. The average molecular weight is 234 g/mol. The Morgan fingerprint density at radius 1 is 1.59 bits per heavy atom. The van der Waals surface area contributed by atoms with Crippen LogP contribution in [0.15, 0.2) is 23.3 Å². The quantitative estimate of drug-likeness (QED) is 0.732. The van der Waals surface area contributed by atoms with E-state index in [1.807, 2.05) is 13.0 Å². The van der Waals surface area contributed by atoms with E-state index in [9.17, 15) is 4.79 Å². The van der Waals surface area contributed by atoms with E-state index in [1.165, 1.54) is 5.69 Å². The molecule has 4 nitrogen and oxygen atoms in total. The van der Waals surface area contributed by atoms with E-state index < -0.39 is 0 Å². The predicted octanol–water partition coefficient (Wildman–Crippen LogP) is 2.02. The molecular formula is C13H18N2O2. The van der Waals surface area contributed by atoms with E-state index >= 15 is 0 Å². The summed E-state index contributed by atoms with van der Waals surface area (Å²) in [5.74, 6) is -0.112. The number of aromatic nitrogens is 1. The summed E-state index contributed by atoms with van der Waals surface area (Å²) in [6.07, 6.45) is 4.22. The van der Waals surface area contributed by atoms with Crippen LogP contribution in [0.4, 0.5) is 0 Å². The van der Waals surface area contributed by atoms with Crippen molar-refractivity contribution >= 4 is 11.7 Å². The number of nitrogens with zero attached hydrogens (tertiary/aromatic N) is 2. The molecule has 0 unspecified atom stereocenters. The van der Waals surface area contributed by atoms with Gasteiger partial charge in [-0.15, -0.1) is 0 Å². The molecule has 1 aliphatic rings. The van der Waals surface area contributed by atoms with Gasteiger partial charge >= 0.3 is 5.97 Å². The first kappa shape index (κ1) is 11.9. The summed E-state index contributed by atoms with van der Waals surface area (Å²) in [5.41, 5.74) is 2.31. The van der Waals surface area contributed by atoms with Crippen molar-refractivity contribution in [2.45, 2.75) is 32.7 Å². The minimum Gasteiger partial charge on any atom is -0.466 e. The molecule has 1 aromatic heterocycles. The number of fused-ring (bicyclic) bond motifs is 1. The third kappa shape index (κ3) is 2.96. The van der Waals surface area contributed by atoms with Crippen LogP contribution in [0.3, 0.4) is 0 Å². The van der Waals surface area contributed by atoms with Gasteiger partial charge in [0.1, 0.15) is 0 Å². The number of ether oxygens (including phenoxy) is 1. The maximum absolute atomic E-state index is 11.2. The molecule has 0 spiro atoms. The summed E-state index contributed by atoms with van der Waals surface area (Å²) in [6, 6.07) is 4.13. The van der Waals surface area contributed by atoms with Crippen molar-refractivity contribution in [2.24, 2.45) is 4.99 Å². The number of carbonyl (C=O) groups excluding carboxylic acids is 1. The van der Waals surface area contributed by atoms with Crippen LogP contribution in [-0.2, 0) is 16.1 Å². The van der Waals surface area contributed by atoms with Crippen LogP contribution in [0.1, 0.15) is 31.9 Å². The highest BCUT2D eigenvalue weighted by Gasteiger charge is 2.13. The minimum absolute atomic E-state index is 0.112. The third-order valence-electron chi connectivity index (χ3n) is 2.87. The Labute approximate surface area is 101 Å². The lowest BCUT2D eigenvalue weighted by Gasteiger charge is -2.15. The molecule has 0 aromatic carbocycles. The lowest BCUT2D eigenvalue weighted by molar-refractivity contribution is -0.143. The van der Waals surface area contributed by atoms with Gasteiger partial charge in [-0.2, -0.15) is 0 Å². The number of hydrogen-bond acceptors (Lipinski definition) is 3. The first-order chi connectivity index (χ1) is 8.31. The highest BCUT2D eigenvalue weighted by Crippen LogP contribution is 2.14. The van der Waals surface area contributed by atoms with Crippen molar-refractivity contribution in [3.8, 4) is 0 Å². The Morgan fingerprint density at radius 3 is 3.29 bits per heavy atom. The molecule has 17 heavy (non-hydrogen) atoms. The van der Waals surface area contributed by atoms with Gasteiger partial charge in [-0.05, 0) is 31.9 Å². The first-order valence-corrected chi connectivity index (χ1v) is 6.15. The number of esters is 1. The van der Waals surface area contributed by atoms with Crippen molar-refractivity contribution in [3.63, 3.8) is 0 Å². The van der Waals surface area contributed by atoms with Crippen LogP contribution in [0.25, 0.3) is 0 Å². The maximum atomic E-state index is 11.2. The fourth-order valence-electron chi connectivity index (χ4n) is 2.09. The van der Waals surface area contributed by atoms with E-state index in [0.29, 0.717) is 13.0 Å². The Bertz CT molecular complexity index is 421. The number of rotatable bonds is 5. The van der Waals surface area contributed by atoms with E-state index in [0.717, 1.165) is 31.6 Å². The number of hydrogen-bond donors (Lipinski definition) is 0. The van der Waals surface area contributed by atoms with Crippen molar-refractivity contribution < 1.29 is 9.53 Å². The standard InChI is InChI=1S/C13H18N2O2/c1-2-17-13(16)7-3-5-11-12-6-4-9-15(12)10-8-14-11/h4,6,9H,2-3,5,7-8,10H2,1H3. The molecule has 1 aromatic rings. The Morgan fingerprint density at radius 2 is 2.47 bits per heavy atom. The van der Waals surface area contributed by atoms with Gasteiger partial charge in [0, 0.05) is 19.2 Å². The predicted molar refractivity (Wildman–Crippen MR) is 66.3 cm³/mol. The normalized spacial score (nSPS) is 14.1. The second-order valence-electron chi connectivity index (χ2n) is 4.07. The highest BCUT2D eigenvalue weighted by molar-refractivity contribution is 5.99. The van der Waals surface area contributed by atoms with Gasteiger partial charge in [0.2, 0.25) is 0 Å². The second kappa shape index (κ2) is 5.66. The van der Waals surface area contributed by atoms with Crippen LogP contribution in [0, 0.1) is 0 Å². The molecule has 0 saturated heterocycles. The largest absolute Gasteiger partial charge is 0.466 e. The van der Waals surface area contributed by atoms with Crippen molar-refractivity contribution in [1.29, 1.82) is 0 Å². The second-order valence-corrected chi connectivity index (χ2v) is 4.07. The fourth-order valence-corrected chi connectivity index (χ4v) is 2.09. The van der Waals surface area contributed by atoms with Gasteiger partial charge in [0.25, 0.3) is 0 Å². The van der Waals surface area contributed by atoms with Crippen molar-refractivity contribution in [3.05, 3.63) is 24.0 Å². The monoisotopic (exact) mass is 234 g/mol. The summed E-state index contributed by atoms with van der Waals surface area (Å²) in [7, 11) is 0. The van der Waals surface area contributed by atoms with Gasteiger partial charge in [0.15, 0.2) is 0 Å². The van der Waals surface area contributed by atoms with Gasteiger partial charge < -0.3 is 9.30 Å². The Balaban J connectivity index is 1.84. The third-order valence-corrected chi connectivity index (χ3v) is 2.87. The van der Waals surface area contributed by atoms with Crippen LogP contribution >= 0.6 is 0 Å². The lowest BCUT2D eigenvalue weighted by atomic mass is 10.1. The minimum atomic E-state index is -0.112. The molecule has 2 rings (SSSR count). The number of aliphatic imine (C=N–C) groups is 1. The van der Waals surface area contributed by atoms with Gasteiger partial charge in [-0.1, -0.05) is 0 Å². The van der Waals surface area contributed by atoms with Crippen LogP contribution in [0.2, 0.25) is 0 Å². The molecule has 1 aliphatic heterocycles. The average Bonchev–Trinajstić information content (AvgIpc) is 2.78. The molecule has 0 radical (unpaired) electrons. The molecule has 0 aliphatic carbocycles. The molecule has 0 N–H and O–H groups in total. The molecule has 0 fully saturated rings. The summed E-state index contributed by atoms with van der Waals surface area (Å²) < 4.78 is 7.12. The summed E-state index contributed by atoms with van der Waals surface area (Å²) >= 11 is 0. The lowest BCUT2D eigenvalue weighted by Crippen LogP contribution is -2.17. The molecule has 0 amide bonds. The zero-order chi connectivity index (χ0) is 12.1. The van der Waals surface area contributed by atoms with Crippen molar-refractivity contribution in [2.75, 3.05) is 13.2 Å². The summed E-state index contributed by atoms with van der Waals surface area (Å²) in [5, 5.41) is 0. The highest BCUT2D eigenvalue weighted by atomic mass is 16.5. The van der Waals surface area contributed by atoms with E-state index in [-0.39, 0.29) is 5.97 Å². The van der Waals surface area contributed by atoms with E-state index in [1.54, 1.807) is 0 Å². The molecule has 0 saturated carbocycles. The fraction of sp³-hybridized carbons (Fsp3) is 0.538. The van der Waals surface area contributed by atoms with Gasteiger partial charge in [0.05, 0.1) is 24.6 Å². The topological polar surface area (TPSA) is 43.6 Å². The van der Waals surface area contributed by atoms with Crippen molar-refractivity contribution in [1.82, 2.24) is 4.57 Å². The summed E-state index contributed by atoms with van der Waals surface area (Å²) in [6.45, 7) is 4.10. The first-order valence-electron chi connectivity index (χ1n) is 6.15.